The van der Waals surface area contributed by atoms with E-state index >= 15 is 0 Å². The third kappa shape index (κ3) is 4.47. The summed E-state index contributed by atoms with van der Waals surface area (Å²) in [7, 11) is 1.86. The first-order chi connectivity index (χ1) is 19.4. The van der Waals surface area contributed by atoms with Gasteiger partial charge in [-0.1, -0.05) is 42.5 Å². The van der Waals surface area contributed by atoms with Gasteiger partial charge in [-0.3, -0.25) is 18.8 Å². The highest BCUT2D eigenvalue weighted by Gasteiger charge is 2.23. The smallest absolute Gasteiger partial charge is 0.263 e. The maximum Gasteiger partial charge on any atom is 0.263 e. The van der Waals surface area contributed by atoms with E-state index in [0.29, 0.717) is 33.7 Å². The summed E-state index contributed by atoms with van der Waals surface area (Å²) in [5.41, 5.74) is 4.24. The van der Waals surface area contributed by atoms with Gasteiger partial charge in [0.25, 0.3) is 11.5 Å². The van der Waals surface area contributed by atoms with Gasteiger partial charge < -0.3 is 5.32 Å². The number of benzene rings is 2. The average Bonchev–Trinajstić information content (AvgIpc) is 3.53. The third-order valence-corrected chi connectivity index (χ3v) is 6.88. The molecule has 198 valence electrons. The van der Waals surface area contributed by atoms with E-state index in [2.05, 4.69) is 20.5 Å². The number of para-hydroxylation sites is 1. The van der Waals surface area contributed by atoms with Crippen molar-refractivity contribution in [1.82, 2.24) is 34.3 Å². The molecule has 9 nitrogen and oxygen atoms in total. The Kier molecular flexibility index (Phi) is 6.31. The van der Waals surface area contributed by atoms with Crippen molar-refractivity contribution in [3.63, 3.8) is 0 Å². The molecule has 40 heavy (non-hydrogen) atoms. The van der Waals surface area contributed by atoms with Gasteiger partial charge in [0, 0.05) is 37.0 Å². The molecule has 0 saturated heterocycles. The maximum absolute atomic E-state index is 14.2. The quantitative estimate of drug-likeness (QED) is 0.336. The molecule has 0 saturated carbocycles. The van der Waals surface area contributed by atoms with Crippen molar-refractivity contribution in [2.24, 2.45) is 7.05 Å². The van der Waals surface area contributed by atoms with E-state index in [9.17, 15) is 9.59 Å². The number of aryl methyl sites for hydroxylation is 2. The van der Waals surface area contributed by atoms with Crippen LogP contribution in [-0.2, 0) is 7.05 Å². The lowest BCUT2D eigenvalue weighted by Gasteiger charge is -2.21. The minimum absolute atomic E-state index is 0.171. The first-order valence-corrected chi connectivity index (χ1v) is 12.9. The number of fused-ring (bicyclic) bond motifs is 2. The predicted molar refractivity (Wildman–Crippen MR) is 155 cm³/mol. The fourth-order valence-corrected chi connectivity index (χ4v) is 5.01. The fraction of sp³-hybridized carbons (Fsp3) is 0.129. The molecule has 0 fully saturated rings. The lowest BCUT2D eigenvalue weighted by atomic mass is 10.0. The van der Waals surface area contributed by atoms with Crippen LogP contribution in [0.5, 0.6) is 0 Å². The SMILES string of the molecule is Cc1nn2cccnc2c1C(=O)N[C@@H](C)c1cc2cccc(/C=C/c3ccn(C)n3)c2c(=O)n1-c1ccccc1. The van der Waals surface area contributed by atoms with Crippen LogP contribution in [-0.4, -0.2) is 34.9 Å². The summed E-state index contributed by atoms with van der Waals surface area (Å²) in [5, 5.41) is 13.3. The third-order valence-electron chi connectivity index (χ3n) is 6.88. The van der Waals surface area contributed by atoms with Crippen LogP contribution in [0, 0.1) is 6.92 Å². The van der Waals surface area contributed by atoms with Gasteiger partial charge >= 0.3 is 0 Å². The van der Waals surface area contributed by atoms with Crippen LogP contribution in [0.2, 0.25) is 0 Å². The van der Waals surface area contributed by atoms with E-state index in [-0.39, 0.29) is 11.5 Å². The standard InChI is InChI=1S/C31H27N7O2/c1-20(33-30(39)27-21(2)34-37-17-8-16-32-29(27)37)26-19-23-10-7-9-22(13-14-24-15-18-36(3)35-24)28(23)31(40)38(26)25-11-5-4-6-12-25/h4-20H,1-3H3,(H,33,39)/b14-13+/t20-/m0/s1. The van der Waals surface area contributed by atoms with Crippen molar-refractivity contribution in [3.05, 3.63) is 124 Å². The molecule has 2 aromatic carbocycles. The van der Waals surface area contributed by atoms with Crippen molar-refractivity contribution in [2.45, 2.75) is 19.9 Å². The Hall–Kier alpha value is -5.31. The zero-order valence-corrected chi connectivity index (χ0v) is 22.3. The minimum Gasteiger partial charge on any atom is -0.344 e. The average molecular weight is 530 g/mol. The van der Waals surface area contributed by atoms with Crippen LogP contribution in [0.25, 0.3) is 34.3 Å². The molecule has 0 aliphatic rings. The van der Waals surface area contributed by atoms with Gasteiger partial charge in [-0.15, -0.1) is 0 Å². The highest BCUT2D eigenvalue weighted by Crippen LogP contribution is 2.25. The zero-order chi connectivity index (χ0) is 27.8. The number of pyridine rings is 1. The van der Waals surface area contributed by atoms with E-state index in [1.807, 2.05) is 93.0 Å². The molecule has 0 aliphatic heterocycles. The van der Waals surface area contributed by atoms with Crippen LogP contribution in [0.4, 0.5) is 0 Å². The maximum atomic E-state index is 14.2. The van der Waals surface area contributed by atoms with E-state index in [1.165, 1.54) is 0 Å². The second-order valence-electron chi connectivity index (χ2n) is 9.65. The van der Waals surface area contributed by atoms with Crippen molar-refractivity contribution in [1.29, 1.82) is 0 Å². The Balaban J connectivity index is 1.46. The number of carbonyl (C=O) groups is 1. The van der Waals surface area contributed by atoms with Gasteiger partial charge in [0.1, 0.15) is 5.56 Å². The normalized spacial score (nSPS) is 12.4. The molecule has 6 aromatic rings. The molecule has 1 N–H and O–H groups in total. The molecular formula is C31H27N7O2. The Morgan fingerprint density at radius 2 is 1.80 bits per heavy atom. The van der Waals surface area contributed by atoms with Gasteiger partial charge in [-0.05, 0) is 61.2 Å². The lowest BCUT2D eigenvalue weighted by molar-refractivity contribution is 0.0939. The number of carbonyl (C=O) groups excluding carboxylic acids is 1. The van der Waals surface area contributed by atoms with Crippen molar-refractivity contribution >= 4 is 34.5 Å². The first kappa shape index (κ1) is 25.0. The number of hydrogen-bond acceptors (Lipinski definition) is 5. The largest absolute Gasteiger partial charge is 0.344 e. The van der Waals surface area contributed by atoms with Crippen molar-refractivity contribution in [2.75, 3.05) is 0 Å². The topological polar surface area (TPSA) is 99.1 Å². The number of nitrogens with zero attached hydrogens (tertiary/aromatic N) is 6. The Morgan fingerprint density at radius 3 is 2.58 bits per heavy atom. The Morgan fingerprint density at radius 1 is 0.975 bits per heavy atom. The fourth-order valence-electron chi connectivity index (χ4n) is 5.01. The summed E-state index contributed by atoms with van der Waals surface area (Å²) in [5.74, 6) is -0.307. The molecule has 9 heteroatoms. The highest BCUT2D eigenvalue weighted by atomic mass is 16.2. The summed E-state index contributed by atoms with van der Waals surface area (Å²) >= 11 is 0. The monoisotopic (exact) mass is 529 g/mol. The molecular weight excluding hydrogens is 502 g/mol. The van der Waals surface area contributed by atoms with E-state index in [0.717, 1.165) is 16.6 Å². The molecule has 0 spiro atoms. The van der Waals surface area contributed by atoms with Gasteiger partial charge in [-0.2, -0.15) is 10.2 Å². The van der Waals surface area contributed by atoms with Crippen LogP contribution in [0.1, 0.15) is 46.0 Å². The van der Waals surface area contributed by atoms with Crippen molar-refractivity contribution < 1.29 is 4.79 Å². The summed E-state index contributed by atoms with van der Waals surface area (Å²) in [6, 6.07) is 20.4. The summed E-state index contributed by atoms with van der Waals surface area (Å²) in [6.07, 6.45) is 9.06. The van der Waals surface area contributed by atoms with E-state index in [4.69, 9.17) is 0 Å². The van der Waals surface area contributed by atoms with Crippen LogP contribution in [0.15, 0.2) is 90.1 Å². The number of amides is 1. The molecule has 4 aromatic heterocycles. The molecule has 0 aliphatic carbocycles. The van der Waals surface area contributed by atoms with Crippen LogP contribution < -0.4 is 10.9 Å². The van der Waals surface area contributed by atoms with E-state index in [1.54, 1.807) is 39.1 Å². The van der Waals surface area contributed by atoms with Gasteiger partial charge in [0.15, 0.2) is 5.65 Å². The van der Waals surface area contributed by atoms with Crippen LogP contribution in [0.3, 0.4) is 0 Å². The molecule has 1 atom stereocenters. The molecule has 0 radical (unpaired) electrons. The highest BCUT2D eigenvalue weighted by molar-refractivity contribution is 6.01. The second-order valence-corrected chi connectivity index (χ2v) is 9.65. The molecule has 0 bridgehead atoms. The van der Waals surface area contributed by atoms with Gasteiger partial charge in [-0.25, -0.2) is 9.50 Å². The van der Waals surface area contributed by atoms with Crippen molar-refractivity contribution in [3.8, 4) is 5.69 Å². The first-order valence-electron chi connectivity index (χ1n) is 12.9. The van der Waals surface area contributed by atoms with Gasteiger partial charge in [0.05, 0.1) is 22.8 Å². The molecule has 6 rings (SSSR count). The zero-order valence-electron chi connectivity index (χ0n) is 22.3. The molecule has 0 unspecified atom stereocenters. The lowest BCUT2D eigenvalue weighted by Crippen LogP contribution is -2.32. The summed E-state index contributed by atoms with van der Waals surface area (Å²) in [6.45, 7) is 3.65. The van der Waals surface area contributed by atoms with Gasteiger partial charge in [0.2, 0.25) is 0 Å². The van der Waals surface area contributed by atoms with Crippen LogP contribution >= 0.6 is 0 Å². The summed E-state index contributed by atoms with van der Waals surface area (Å²) < 4.78 is 5.00. The predicted octanol–water partition coefficient (Wildman–Crippen LogP) is 4.74. The Bertz CT molecular complexity index is 1970. The van der Waals surface area contributed by atoms with E-state index < -0.39 is 6.04 Å². The second kappa shape index (κ2) is 10.1. The minimum atomic E-state index is -0.504. The number of rotatable bonds is 6. The summed E-state index contributed by atoms with van der Waals surface area (Å²) in [4.78, 5) is 32.0. The molecule has 4 heterocycles. The number of nitrogens with one attached hydrogen (secondary N) is 1. The molecule has 1 amide bonds. The number of hydrogen-bond donors (Lipinski definition) is 1. The number of aromatic nitrogens is 6. The Labute approximate surface area is 230 Å².